The van der Waals surface area contributed by atoms with Crippen LogP contribution in [0.1, 0.15) is 21.9 Å². The number of amides is 1. The minimum Gasteiger partial charge on any atom is -0.459 e. The number of rotatable bonds is 5. The minimum atomic E-state index is -0.269. The lowest BCUT2D eigenvalue weighted by Crippen LogP contribution is -2.10. The van der Waals surface area contributed by atoms with E-state index in [1.807, 2.05) is 31.3 Å². The van der Waals surface area contributed by atoms with Crippen molar-refractivity contribution in [3.8, 4) is 0 Å². The summed E-state index contributed by atoms with van der Waals surface area (Å²) in [5.41, 5.74) is 3.91. The number of carbonyl (C=O) groups is 1. The smallest absolute Gasteiger partial charge is 0.291 e. The molecule has 5 nitrogen and oxygen atoms in total. The molecule has 130 valence electrons. The Morgan fingerprint density at radius 2 is 1.92 bits per heavy atom. The summed E-state index contributed by atoms with van der Waals surface area (Å²) in [5, 5.41) is 2.84. The van der Waals surface area contributed by atoms with Crippen molar-refractivity contribution in [3.63, 3.8) is 0 Å². The molecule has 0 saturated carbocycles. The Morgan fingerprint density at radius 3 is 2.69 bits per heavy atom. The van der Waals surface area contributed by atoms with E-state index in [0.717, 1.165) is 29.7 Å². The summed E-state index contributed by atoms with van der Waals surface area (Å²) in [7, 11) is 2.02. The predicted molar refractivity (Wildman–Crippen MR) is 101 cm³/mol. The van der Waals surface area contributed by atoms with Crippen LogP contribution in [0.15, 0.2) is 71.3 Å². The van der Waals surface area contributed by atoms with Crippen molar-refractivity contribution >= 4 is 22.6 Å². The topological polar surface area (TPSA) is 60.1 Å². The molecule has 0 bridgehead atoms. The van der Waals surface area contributed by atoms with Gasteiger partial charge in [0.15, 0.2) is 5.76 Å². The highest BCUT2D eigenvalue weighted by atomic mass is 16.3. The molecule has 1 amide bonds. The number of aromatic nitrogens is 2. The highest BCUT2D eigenvalue weighted by molar-refractivity contribution is 6.03. The lowest BCUT2D eigenvalue weighted by Gasteiger charge is -2.04. The number of furan rings is 1. The van der Waals surface area contributed by atoms with Crippen molar-refractivity contribution in [2.24, 2.45) is 7.05 Å². The number of anilines is 1. The second-order valence-electron chi connectivity index (χ2n) is 6.21. The van der Waals surface area contributed by atoms with E-state index in [0.29, 0.717) is 5.69 Å². The van der Waals surface area contributed by atoms with Crippen LogP contribution in [0.5, 0.6) is 0 Å². The van der Waals surface area contributed by atoms with Gasteiger partial charge in [0.2, 0.25) is 0 Å². The molecular formula is C21H19N3O2. The number of benzene rings is 2. The lowest BCUT2D eigenvalue weighted by atomic mass is 10.1. The molecule has 26 heavy (non-hydrogen) atoms. The third-order valence-corrected chi connectivity index (χ3v) is 4.46. The third-order valence-electron chi connectivity index (χ3n) is 4.46. The fourth-order valence-corrected chi connectivity index (χ4v) is 3.05. The van der Waals surface area contributed by atoms with Gasteiger partial charge in [0.05, 0.1) is 17.3 Å². The quantitative estimate of drug-likeness (QED) is 0.589. The van der Waals surface area contributed by atoms with Crippen molar-refractivity contribution in [2.45, 2.75) is 12.8 Å². The Hall–Kier alpha value is -3.34. The van der Waals surface area contributed by atoms with Crippen LogP contribution >= 0.6 is 0 Å². The molecule has 0 aliphatic carbocycles. The van der Waals surface area contributed by atoms with Crippen LogP contribution in [0.4, 0.5) is 5.69 Å². The lowest BCUT2D eigenvalue weighted by molar-refractivity contribution is 0.0996. The summed E-state index contributed by atoms with van der Waals surface area (Å²) in [6.07, 6.45) is 3.29. The van der Waals surface area contributed by atoms with Crippen molar-refractivity contribution in [2.75, 3.05) is 5.32 Å². The number of aryl methyl sites for hydroxylation is 3. The minimum absolute atomic E-state index is 0.269. The highest BCUT2D eigenvalue weighted by Gasteiger charge is 2.12. The van der Waals surface area contributed by atoms with E-state index in [2.05, 4.69) is 34.1 Å². The van der Waals surface area contributed by atoms with Gasteiger partial charge in [0.25, 0.3) is 5.91 Å². The molecule has 0 saturated heterocycles. The molecule has 2 heterocycles. The molecule has 4 aromatic rings. The molecule has 0 aliphatic rings. The van der Waals surface area contributed by atoms with E-state index in [9.17, 15) is 4.79 Å². The maximum absolute atomic E-state index is 12.1. The van der Waals surface area contributed by atoms with Crippen LogP contribution in [-0.4, -0.2) is 15.5 Å². The number of nitrogens with zero attached hydrogens (tertiary/aromatic N) is 2. The Morgan fingerprint density at radius 1 is 1.08 bits per heavy atom. The molecule has 0 aliphatic heterocycles. The first-order valence-corrected chi connectivity index (χ1v) is 8.55. The van der Waals surface area contributed by atoms with E-state index < -0.39 is 0 Å². The number of nitrogens with one attached hydrogen (secondary N) is 1. The van der Waals surface area contributed by atoms with Gasteiger partial charge in [-0.05, 0) is 42.3 Å². The molecule has 0 spiro atoms. The van der Waals surface area contributed by atoms with Gasteiger partial charge in [-0.25, -0.2) is 4.98 Å². The summed E-state index contributed by atoms with van der Waals surface area (Å²) < 4.78 is 7.23. The molecule has 5 heteroatoms. The Bertz CT molecular complexity index is 1030. The zero-order chi connectivity index (χ0) is 17.9. The van der Waals surface area contributed by atoms with Crippen molar-refractivity contribution in [3.05, 3.63) is 84.1 Å². The van der Waals surface area contributed by atoms with Gasteiger partial charge in [0, 0.05) is 19.2 Å². The first-order chi connectivity index (χ1) is 12.7. The van der Waals surface area contributed by atoms with E-state index >= 15 is 0 Å². The fraction of sp³-hybridized carbons (Fsp3) is 0.143. The summed E-state index contributed by atoms with van der Waals surface area (Å²) >= 11 is 0. The van der Waals surface area contributed by atoms with Crippen molar-refractivity contribution in [1.29, 1.82) is 0 Å². The van der Waals surface area contributed by atoms with Crippen LogP contribution in [0, 0.1) is 0 Å². The molecule has 1 N–H and O–H groups in total. The van der Waals surface area contributed by atoms with E-state index in [4.69, 9.17) is 9.40 Å². The SMILES string of the molecule is Cn1c(CCc2ccccc2)nc2cc(NC(=O)c3ccco3)ccc21. The first kappa shape index (κ1) is 16.1. The van der Waals surface area contributed by atoms with Crippen molar-refractivity contribution in [1.82, 2.24) is 9.55 Å². The third kappa shape index (κ3) is 3.24. The molecule has 0 radical (unpaired) electrons. The molecule has 0 fully saturated rings. The van der Waals surface area contributed by atoms with Gasteiger partial charge in [-0.3, -0.25) is 4.79 Å². The largest absolute Gasteiger partial charge is 0.459 e. The van der Waals surface area contributed by atoms with Crippen LogP contribution in [0.3, 0.4) is 0 Å². The maximum atomic E-state index is 12.1. The Kier molecular flexibility index (Phi) is 4.27. The monoisotopic (exact) mass is 345 g/mol. The summed E-state index contributed by atoms with van der Waals surface area (Å²) in [4.78, 5) is 16.9. The molecule has 2 aromatic carbocycles. The van der Waals surface area contributed by atoms with E-state index in [-0.39, 0.29) is 11.7 Å². The molecule has 0 atom stereocenters. The average Bonchev–Trinajstić information content (AvgIpc) is 3.30. The van der Waals surface area contributed by atoms with Gasteiger partial charge in [-0.15, -0.1) is 0 Å². The summed E-state index contributed by atoms with van der Waals surface area (Å²) in [5.74, 6) is 1.04. The van der Waals surface area contributed by atoms with Gasteiger partial charge in [-0.1, -0.05) is 30.3 Å². The molecule has 4 rings (SSSR count). The standard InChI is InChI=1S/C21H19N3O2/c1-24-18-11-10-16(22-21(25)19-8-5-13-26-19)14-17(18)23-20(24)12-9-15-6-3-2-4-7-15/h2-8,10-11,13-14H,9,12H2,1H3,(H,22,25). The normalized spacial score (nSPS) is 11.0. The number of imidazole rings is 1. The van der Waals surface area contributed by atoms with Crippen LogP contribution < -0.4 is 5.32 Å². The Labute approximate surface area is 151 Å². The number of hydrogen-bond donors (Lipinski definition) is 1. The Balaban J connectivity index is 1.54. The second kappa shape index (κ2) is 6.88. The zero-order valence-corrected chi connectivity index (χ0v) is 14.5. The average molecular weight is 345 g/mol. The number of fused-ring (bicyclic) bond motifs is 1. The highest BCUT2D eigenvalue weighted by Crippen LogP contribution is 2.21. The maximum Gasteiger partial charge on any atom is 0.291 e. The summed E-state index contributed by atoms with van der Waals surface area (Å²) in [6.45, 7) is 0. The summed E-state index contributed by atoms with van der Waals surface area (Å²) in [6, 6.07) is 19.5. The van der Waals surface area contributed by atoms with Gasteiger partial charge in [-0.2, -0.15) is 0 Å². The molecule has 0 unspecified atom stereocenters. The van der Waals surface area contributed by atoms with Gasteiger partial charge >= 0.3 is 0 Å². The van der Waals surface area contributed by atoms with Gasteiger partial charge < -0.3 is 14.3 Å². The van der Waals surface area contributed by atoms with Crippen LogP contribution in [0.25, 0.3) is 11.0 Å². The zero-order valence-electron chi connectivity index (χ0n) is 14.5. The molecule has 2 aromatic heterocycles. The van der Waals surface area contributed by atoms with Crippen LogP contribution in [-0.2, 0) is 19.9 Å². The van der Waals surface area contributed by atoms with Crippen LogP contribution in [0.2, 0.25) is 0 Å². The van der Waals surface area contributed by atoms with E-state index in [1.54, 1.807) is 12.1 Å². The van der Waals surface area contributed by atoms with Crippen molar-refractivity contribution < 1.29 is 9.21 Å². The predicted octanol–water partition coefficient (Wildman–Crippen LogP) is 4.20. The second-order valence-corrected chi connectivity index (χ2v) is 6.21. The number of hydrogen-bond acceptors (Lipinski definition) is 3. The number of carbonyl (C=O) groups excluding carboxylic acids is 1. The molecular weight excluding hydrogens is 326 g/mol. The first-order valence-electron chi connectivity index (χ1n) is 8.55. The van der Waals surface area contributed by atoms with Gasteiger partial charge in [0.1, 0.15) is 5.82 Å². The fourth-order valence-electron chi connectivity index (χ4n) is 3.05. The van der Waals surface area contributed by atoms with E-state index in [1.165, 1.54) is 11.8 Å².